The Bertz CT molecular complexity index is 971. The van der Waals surface area contributed by atoms with Crippen molar-refractivity contribution in [2.75, 3.05) is 32.8 Å². The van der Waals surface area contributed by atoms with E-state index in [2.05, 4.69) is 9.89 Å². The van der Waals surface area contributed by atoms with Crippen molar-refractivity contribution in [3.63, 3.8) is 0 Å². The third kappa shape index (κ3) is 5.35. The van der Waals surface area contributed by atoms with Gasteiger partial charge in [-0.1, -0.05) is 24.3 Å². The van der Waals surface area contributed by atoms with Crippen molar-refractivity contribution in [3.05, 3.63) is 65.2 Å². The number of halogens is 2. The number of rotatable bonds is 7. The molecular weight excluding hydrogens is 402 g/mol. The second kappa shape index (κ2) is 9.66. The predicted octanol–water partition coefficient (Wildman–Crippen LogP) is 3.49. The van der Waals surface area contributed by atoms with E-state index >= 15 is 0 Å². The number of hydrogen-bond donors (Lipinski definition) is 1. The monoisotopic (exact) mass is 428 g/mol. The molecule has 0 spiro atoms. The number of benzene rings is 2. The summed E-state index contributed by atoms with van der Waals surface area (Å²) < 4.78 is 31.6. The van der Waals surface area contributed by atoms with Crippen molar-refractivity contribution in [2.45, 2.75) is 25.4 Å². The number of carbonyl (C=O) groups excluding carboxylic acids is 1. The Morgan fingerprint density at radius 3 is 2.58 bits per heavy atom. The molecule has 0 bridgehead atoms. The number of ketones is 1. The highest BCUT2D eigenvalue weighted by atomic mass is 19.2. The smallest absolute Gasteiger partial charge is 0.184 e. The molecule has 164 valence electrons. The SMILES string of the molecule is O=C1CN=C(CC2CCN(CC(O)COc3ccc(F)c(F)c3)CC2)c2ccccc21. The highest BCUT2D eigenvalue weighted by molar-refractivity contribution is 6.15. The van der Waals surface area contributed by atoms with Gasteiger partial charge in [-0.25, -0.2) is 8.78 Å². The summed E-state index contributed by atoms with van der Waals surface area (Å²) in [4.78, 5) is 18.8. The van der Waals surface area contributed by atoms with Crippen molar-refractivity contribution >= 4 is 11.5 Å². The number of aliphatic imine (C=N–C) groups is 1. The first-order valence-corrected chi connectivity index (χ1v) is 10.6. The van der Waals surface area contributed by atoms with Crippen LogP contribution in [0, 0.1) is 17.6 Å². The minimum absolute atomic E-state index is 0.0205. The number of hydrogen-bond acceptors (Lipinski definition) is 5. The summed E-state index contributed by atoms with van der Waals surface area (Å²) in [6.07, 6.45) is 2.13. The molecule has 7 heteroatoms. The molecule has 5 nitrogen and oxygen atoms in total. The Kier molecular flexibility index (Phi) is 6.73. The number of β-amino-alcohol motifs (C(OH)–C–C–N with tert-alkyl or cyclic N) is 1. The van der Waals surface area contributed by atoms with E-state index in [0.29, 0.717) is 12.5 Å². The molecule has 1 atom stereocenters. The van der Waals surface area contributed by atoms with Crippen LogP contribution in [0.4, 0.5) is 8.78 Å². The number of likely N-dealkylation sites (tertiary alicyclic amines) is 1. The molecule has 0 aliphatic carbocycles. The number of aliphatic hydroxyl groups excluding tert-OH is 1. The van der Waals surface area contributed by atoms with Crippen molar-refractivity contribution in [3.8, 4) is 5.75 Å². The molecule has 2 aliphatic heterocycles. The van der Waals surface area contributed by atoms with E-state index in [1.165, 1.54) is 6.07 Å². The van der Waals surface area contributed by atoms with Gasteiger partial charge in [0, 0.05) is 29.4 Å². The summed E-state index contributed by atoms with van der Waals surface area (Å²) in [5.41, 5.74) is 2.76. The lowest BCUT2D eigenvalue weighted by Gasteiger charge is -2.33. The zero-order chi connectivity index (χ0) is 21.8. The van der Waals surface area contributed by atoms with Crippen LogP contribution in [0.5, 0.6) is 5.75 Å². The first-order valence-electron chi connectivity index (χ1n) is 10.6. The number of Topliss-reactive ketones (excluding diaryl/α,β-unsaturated/α-hetero) is 1. The Hall–Kier alpha value is -2.64. The van der Waals surface area contributed by atoms with Gasteiger partial charge in [-0.2, -0.15) is 0 Å². The number of ether oxygens (including phenoxy) is 1. The van der Waals surface area contributed by atoms with Crippen molar-refractivity contribution in [1.82, 2.24) is 4.90 Å². The molecule has 1 saturated heterocycles. The lowest BCUT2D eigenvalue weighted by Crippen LogP contribution is -2.41. The first kappa shape index (κ1) is 21.6. The molecule has 0 saturated carbocycles. The molecule has 0 amide bonds. The van der Waals surface area contributed by atoms with Crippen LogP contribution in [0.15, 0.2) is 47.5 Å². The number of aliphatic hydroxyl groups is 1. The maximum atomic E-state index is 13.2. The third-order valence-corrected chi connectivity index (χ3v) is 5.94. The van der Waals surface area contributed by atoms with E-state index in [4.69, 9.17) is 4.74 Å². The Balaban J connectivity index is 1.23. The summed E-state index contributed by atoms with van der Waals surface area (Å²) in [6, 6.07) is 11.0. The maximum absolute atomic E-state index is 13.2. The molecule has 2 aromatic carbocycles. The average Bonchev–Trinajstić information content (AvgIpc) is 2.78. The van der Waals surface area contributed by atoms with Crippen molar-refractivity contribution in [1.29, 1.82) is 0 Å². The van der Waals surface area contributed by atoms with E-state index in [9.17, 15) is 18.7 Å². The fourth-order valence-corrected chi connectivity index (χ4v) is 4.25. The summed E-state index contributed by atoms with van der Waals surface area (Å²) in [6.45, 7) is 2.44. The molecule has 4 rings (SSSR count). The van der Waals surface area contributed by atoms with Gasteiger partial charge < -0.3 is 14.7 Å². The molecule has 0 radical (unpaired) electrons. The summed E-state index contributed by atoms with van der Waals surface area (Å²) in [5.74, 6) is -1.13. The van der Waals surface area contributed by atoms with Gasteiger partial charge >= 0.3 is 0 Å². The van der Waals surface area contributed by atoms with Gasteiger partial charge in [0.05, 0.1) is 0 Å². The van der Waals surface area contributed by atoms with Crippen LogP contribution in [-0.2, 0) is 0 Å². The molecule has 1 unspecified atom stereocenters. The summed E-state index contributed by atoms with van der Waals surface area (Å²) in [5, 5.41) is 10.3. The first-order chi connectivity index (χ1) is 15.0. The van der Waals surface area contributed by atoms with Crippen LogP contribution in [0.25, 0.3) is 0 Å². The Morgan fingerprint density at radius 1 is 1.10 bits per heavy atom. The van der Waals surface area contributed by atoms with E-state index in [1.807, 2.05) is 24.3 Å². The minimum Gasteiger partial charge on any atom is -0.491 e. The van der Waals surface area contributed by atoms with E-state index in [1.54, 1.807) is 0 Å². The lowest BCUT2D eigenvalue weighted by molar-refractivity contribution is 0.0554. The van der Waals surface area contributed by atoms with Crippen LogP contribution >= 0.6 is 0 Å². The van der Waals surface area contributed by atoms with Crippen LogP contribution in [0.2, 0.25) is 0 Å². The van der Waals surface area contributed by atoms with Crippen molar-refractivity contribution < 1.29 is 23.4 Å². The Morgan fingerprint density at radius 2 is 1.84 bits per heavy atom. The second-order valence-electron chi connectivity index (χ2n) is 8.22. The summed E-state index contributed by atoms with van der Waals surface area (Å²) in [7, 11) is 0. The van der Waals surface area contributed by atoms with E-state index in [-0.39, 0.29) is 24.7 Å². The molecule has 2 aromatic rings. The minimum atomic E-state index is -0.969. The summed E-state index contributed by atoms with van der Waals surface area (Å²) >= 11 is 0. The molecule has 1 fully saturated rings. The van der Waals surface area contributed by atoms with Gasteiger partial charge in [0.25, 0.3) is 0 Å². The number of nitrogens with zero attached hydrogens (tertiary/aromatic N) is 2. The number of piperidine rings is 1. The quantitative estimate of drug-likeness (QED) is 0.733. The molecule has 0 aromatic heterocycles. The van der Waals surface area contributed by atoms with Gasteiger partial charge in [0.1, 0.15) is 25.0 Å². The van der Waals surface area contributed by atoms with Gasteiger partial charge in [0.2, 0.25) is 0 Å². The van der Waals surface area contributed by atoms with Crippen LogP contribution in [-0.4, -0.2) is 60.4 Å². The molecule has 2 heterocycles. The standard InChI is InChI=1S/C24H26F2N2O3/c25-21-6-5-18(12-22(21)26)31-15-17(29)14-28-9-7-16(8-10-28)11-23-19-3-1-2-4-20(19)24(30)13-27-23/h1-6,12,16-17,29H,7-11,13-15H2. The van der Waals surface area contributed by atoms with E-state index in [0.717, 1.165) is 61.3 Å². The topological polar surface area (TPSA) is 62.1 Å². The molecule has 1 N–H and O–H groups in total. The van der Waals surface area contributed by atoms with Crippen LogP contribution in [0.3, 0.4) is 0 Å². The van der Waals surface area contributed by atoms with Gasteiger partial charge in [-0.15, -0.1) is 0 Å². The fourth-order valence-electron chi connectivity index (χ4n) is 4.25. The third-order valence-electron chi connectivity index (χ3n) is 5.94. The maximum Gasteiger partial charge on any atom is 0.184 e. The molecular formula is C24H26F2N2O3. The molecule has 31 heavy (non-hydrogen) atoms. The van der Waals surface area contributed by atoms with Crippen LogP contribution < -0.4 is 4.74 Å². The van der Waals surface area contributed by atoms with E-state index < -0.39 is 17.7 Å². The predicted molar refractivity (Wildman–Crippen MR) is 114 cm³/mol. The average molecular weight is 428 g/mol. The lowest BCUT2D eigenvalue weighted by atomic mass is 9.86. The zero-order valence-corrected chi connectivity index (χ0v) is 17.3. The number of fused-ring (bicyclic) bond motifs is 1. The van der Waals surface area contributed by atoms with Gasteiger partial charge in [-0.05, 0) is 50.4 Å². The van der Waals surface area contributed by atoms with Crippen LogP contribution in [0.1, 0.15) is 35.2 Å². The molecule has 2 aliphatic rings. The second-order valence-corrected chi connectivity index (χ2v) is 8.22. The van der Waals surface area contributed by atoms with Gasteiger partial charge in [0.15, 0.2) is 17.4 Å². The highest BCUT2D eigenvalue weighted by Gasteiger charge is 2.26. The van der Waals surface area contributed by atoms with Gasteiger partial charge in [-0.3, -0.25) is 9.79 Å². The highest BCUT2D eigenvalue weighted by Crippen LogP contribution is 2.26. The zero-order valence-electron chi connectivity index (χ0n) is 17.3. The fraction of sp³-hybridized carbons (Fsp3) is 0.417. The largest absolute Gasteiger partial charge is 0.491 e. The normalized spacial score (nSPS) is 18.4. The Labute approximate surface area is 180 Å². The van der Waals surface area contributed by atoms with Crippen molar-refractivity contribution in [2.24, 2.45) is 10.9 Å². The number of carbonyl (C=O) groups is 1.